The number of benzene rings is 2. The van der Waals surface area contributed by atoms with Gasteiger partial charge in [-0.15, -0.1) is 0 Å². The quantitative estimate of drug-likeness (QED) is 0.575. The fraction of sp³-hybridized carbons (Fsp3) is 0.0556. The highest BCUT2D eigenvalue weighted by atomic mass is 19.2. The average molecular weight is 358 g/mol. The van der Waals surface area contributed by atoms with Gasteiger partial charge in [-0.2, -0.15) is 0 Å². The van der Waals surface area contributed by atoms with Gasteiger partial charge in [0.25, 0.3) is 11.5 Å². The number of nitrogens with one attached hydrogen (secondary N) is 1. The first-order valence-electron chi connectivity index (χ1n) is 7.45. The zero-order valence-electron chi connectivity index (χ0n) is 13.5. The Morgan fingerprint density at radius 2 is 1.85 bits per heavy atom. The van der Waals surface area contributed by atoms with Crippen LogP contribution in [0.25, 0.3) is 11.0 Å². The maximum Gasteiger partial charge on any atom is 0.332 e. The minimum absolute atomic E-state index is 0.0421. The monoisotopic (exact) mass is 358 g/mol. The van der Waals surface area contributed by atoms with Crippen molar-refractivity contribution in [2.45, 2.75) is 6.92 Å². The van der Waals surface area contributed by atoms with Crippen LogP contribution in [0.15, 0.2) is 58.1 Å². The van der Waals surface area contributed by atoms with Crippen LogP contribution in [0.4, 0.5) is 14.5 Å². The van der Waals surface area contributed by atoms with Crippen molar-refractivity contribution in [2.24, 2.45) is 5.16 Å². The van der Waals surface area contributed by atoms with E-state index in [1.54, 1.807) is 24.3 Å². The van der Waals surface area contributed by atoms with E-state index in [9.17, 15) is 18.4 Å². The Labute approximate surface area is 145 Å². The van der Waals surface area contributed by atoms with Crippen molar-refractivity contribution in [3.05, 3.63) is 71.3 Å². The predicted octanol–water partition coefficient (Wildman–Crippen LogP) is 3.34. The summed E-state index contributed by atoms with van der Waals surface area (Å²) < 4.78 is 31.8. The molecule has 6 nitrogen and oxygen atoms in total. The summed E-state index contributed by atoms with van der Waals surface area (Å²) in [4.78, 5) is 28.1. The van der Waals surface area contributed by atoms with E-state index in [1.807, 2.05) is 0 Å². The molecule has 0 aliphatic rings. The van der Waals surface area contributed by atoms with Gasteiger partial charge in [0, 0.05) is 24.1 Å². The van der Waals surface area contributed by atoms with Gasteiger partial charge in [-0.3, -0.25) is 4.79 Å². The van der Waals surface area contributed by atoms with Crippen molar-refractivity contribution in [1.29, 1.82) is 0 Å². The van der Waals surface area contributed by atoms with Crippen molar-refractivity contribution < 1.29 is 27.6 Å². The van der Waals surface area contributed by atoms with E-state index in [2.05, 4.69) is 15.3 Å². The molecule has 0 fully saturated rings. The summed E-state index contributed by atoms with van der Waals surface area (Å²) in [5, 5.41) is 6.55. The molecule has 0 atom stereocenters. The average Bonchev–Trinajstić information content (AvgIpc) is 2.62. The van der Waals surface area contributed by atoms with Crippen molar-refractivity contribution in [3.63, 3.8) is 0 Å². The Hall–Kier alpha value is -3.55. The lowest BCUT2D eigenvalue weighted by Gasteiger charge is -2.07. The lowest BCUT2D eigenvalue weighted by Crippen LogP contribution is -2.22. The molecule has 1 N–H and O–H groups in total. The van der Waals surface area contributed by atoms with Gasteiger partial charge >= 0.3 is 5.97 Å². The van der Waals surface area contributed by atoms with Gasteiger partial charge in [-0.05, 0) is 29.4 Å². The van der Waals surface area contributed by atoms with Gasteiger partial charge in [-0.1, -0.05) is 18.2 Å². The van der Waals surface area contributed by atoms with Crippen LogP contribution in [0, 0.1) is 11.6 Å². The molecule has 1 aromatic heterocycles. The first kappa shape index (κ1) is 17.3. The third-order valence-electron chi connectivity index (χ3n) is 3.34. The van der Waals surface area contributed by atoms with Gasteiger partial charge in [0.05, 0.1) is 0 Å². The molecule has 0 aliphatic heterocycles. The lowest BCUT2D eigenvalue weighted by molar-refractivity contribution is -0.141. The highest BCUT2D eigenvalue weighted by molar-refractivity contribution is 6.05. The number of fused-ring (bicyclic) bond motifs is 1. The summed E-state index contributed by atoms with van der Waals surface area (Å²) in [6, 6.07) is 11.3. The summed E-state index contributed by atoms with van der Waals surface area (Å²) in [5.41, 5.74) is 0.178. The molecular weight excluding hydrogens is 346 g/mol. The fourth-order valence-corrected chi connectivity index (χ4v) is 2.18. The highest BCUT2D eigenvalue weighted by Gasteiger charge is 2.14. The molecule has 0 bridgehead atoms. The molecular formula is C18H12F2N2O4. The second kappa shape index (κ2) is 7.14. The largest absolute Gasteiger partial charge is 0.435 e. The Morgan fingerprint density at radius 1 is 1.08 bits per heavy atom. The van der Waals surface area contributed by atoms with E-state index in [4.69, 9.17) is 4.42 Å². The number of hydrogen-bond donors (Lipinski definition) is 1. The van der Waals surface area contributed by atoms with Crippen molar-refractivity contribution >= 4 is 28.5 Å². The number of anilines is 1. The SMILES string of the molecule is CC(=O)O/N=c1\oc2ccccc2cc1C(=O)Nc1ccc(F)c(F)c1. The van der Waals surface area contributed by atoms with Gasteiger partial charge in [-0.25, -0.2) is 13.6 Å². The second-order valence-corrected chi connectivity index (χ2v) is 5.26. The minimum atomic E-state index is -1.10. The summed E-state index contributed by atoms with van der Waals surface area (Å²) in [5.74, 6) is -3.53. The van der Waals surface area contributed by atoms with Gasteiger partial charge in [0.1, 0.15) is 11.1 Å². The van der Waals surface area contributed by atoms with Crippen LogP contribution >= 0.6 is 0 Å². The molecule has 2 aromatic carbocycles. The van der Waals surface area contributed by atoms with Gasteiger partial charge in [0.2, 0.25) is 0 Å². The molecule has 0 saturated carbocycles. The first-order chi connectivity index (χ1) is 12.4. The minimum Gasteiger partial charge on any atom is -0.435 e. The van der Waals surface area contributed by atoms with Crippen molar-refractivity contribution in [1.82, 2.24) is 0 Å². The lowest BCUT2D eigenvalue weighted by atomic mass is 10.1. The van der Waals surface area contributed by atoms with E-state index < -0.39 is 23.5 Å². The van der Waals surface area contributed by atoms with E-state index >= 15 is 0 Å². The third-order valence-corrected chi connectivity index (χ3v) is 3.34. The van der Waals surface area contributed by atoms with Crippen LogP contribution in [0.3, 0.4) is 0 Å². The summed E-state index contributed by atoms with van der Waals surface area (Å²) in [6.45, 7) is 1.14. The van der Waals surface area contributed by atoms with Crippen LogP contribution in [-0.4, -0.2) is 11.9 Å². The zero-order valence-corrected chi connectivity index (χ0v) is 13.5. The first-order valence-corrected chi connectivity index (χ1v) is 7.45. The Morgan fingerprint density at radius 3 is 2.58 bits per heavy atom. The van der Waals surface area contributed by atoms with Crippen molar-refractivity contribution in [3.8, 4) is 0 Å². The zero-order chi connectivity index (χ0) is 18.7. The van der Waals surface area contributed by atoms with Crippen LogP contribution in [-0.2, 0) is 9.63 Å². The number of amides is 1. The molecule has 0 unspecified atom stereocenters. The normalized spacial score (nSPS) is 11.4. The van der Waals surface area contributed by atoms with Gasteiger partial charge in [0.15, 0.2) is 11.6 Å². The highest BCUT2D eigenvalue weighted by Crippen LogP contribution is 2.16. The predicted molar refractivity (Wildman–Crippen MR) is 87.9 cm³/mol. The Bertz CT molecular complexity index is 1080. The number of hydrogen-bond acceptors (Lipinski definition) is 5. The molecule has 0 saturated heterocycles. The smallest absolute Gasteiger partial charge is 0.332 e. The fourth-order valence-electron chi connectivity index (χ4n) is 2.18. The molecule has 1 amide bonds. The molecule has 8 heteroatoms. The van der Waals surface area contributed by atoms with E-state index in [0.717, 1.165) is 19.1 Å². The van der Waals surface area contributed by atoms with Crippen LogP contribution < -0.4 is 10.9 Å². The molecule has 26 heavy (non-hydrogen) atoms. The maximum absolute atomic E-state index is 13.3. The summed E-state index contributed by atoms with van der Waals surface area (Å²) >= 11 is 0. The molecule has 0 radical (unpaired) electrons. The van der Waals surface area contributed by atoms with Crippen molar-refractivity contribution in [2.75, 3.05) is 5.32 Å². The van der Waals surface area contributed by atoms with E-state index in [1.165, 1.54) is 12.1 Å². The van der Waals surface area contributed by atoms with Gasteiger partial charge < -0.3 is 14.6 Å². The number of nitrogens with zero attached hydrogens (tertiary/aromatic N) is 1. The number of carbonyl (C=O) groups excluding carboxylic acids is 2. The molecule has 0 aliphatic carbocycles. The summed E-state index contributed by atoms with van der Waals surface area (Å²) in [7, 11) is 0. The Balaban J connectivity index is 2.04. The molecule has 0 spiro atoms. The number of carbonyl (C=O) groups is 2. The number of para-hydroxylation sites is 1. The molecule has 132 valence electrons. The van der Waals surface area contributed by atoms with Crippen LogP contribution in [0.1, 0.15) is 17.3 Å². The van der Waals surface area contributed by atoms with E-state index in [-0.39, 0.29) is 16.8 Å². The molecule has 1 heterocycles. The third kappa shape index (κ3) is 3.75. The maximum atomic E-state index is 13.3. The molecule has 3 rings (SSSR count). The standard InChI is InChI=1S/C18H12F2N2O4/c1-10(23)26-22-18-13(8-11-4-2-3-5-16(11)25-18)17(24)21-12-6-7-14(19)15(20)9-12/h2-9H,1H3,(H,21,24)/b22-18-. The second-order valence-electron chi connectivity index (χ2n) is 5.26. The topological polar surface area (TPSA) is 80.9 Å². The van der Waals surface area contributed by atoms with Crippen LogP contribution in [0.2, 0.25) is 0 Å². The summed E-state index contributed by atoms with van der Waals surface area (Å²) in [6.07, 6.45) is 0. The number of halogens is 2. The number of rotatable bonds is 3. The molecule has 3 aromatic rings. The Kier molecular flexibility index (Phi) is 4.74. The van der Waals surface area contributed by atoms with Crippen LogP contribution in [0.5, 0.6) is 0 Å². The van der Waals surface area contributed by atoms with E-state index in [0.29, 0.717) is 11.0 Å².